The molecule has 1 aliphatic carbocycles. The topological polar surface area (TPSA) is 153 Å². The zero-order valence-electron chi connectivity index (χ0n) is 22.9. The van der Waals surface area contributed by atoms with Crippen molar-refractivity contribution in [1.29, 1.82) is 0 Å². The first-order chi connectivity index (χ1) is 19.7. The number of halogens is 1. The minimum atomic E-state index is -3.83. The van der Waals surface area contributed by atoms with Crippen LogP contribution in [0.2, 0.25) is 5.02 Å². The molecule has 0 unspecified atom stereocenters. The lowest BCUT2D eigenvalue weighted by Gasteiger charge is -2.25. The molecule has 6 radical (unpaired) electrons. The highest BCUT2D eigenvalue weighted by atomic mass is 35.5. The number of rotatable bonds is 11. The number of amides is 2. The lowest BCUT2D eigenvalue weighted by molar-refractivity contribution is -0.119. The molecule has 212 valence electrons. The summed E-state index contributed by atoms with van der Waals surface area (Å²) < 4.78 is 35.7. The van der Waals surface area contributed by atoms with Crippen LogP contribution in [0.25, 0.3) is 0 Å². The molecule has 42 heavy (non-hydrogen) atoms. The van der Waals surface area contributed by atoms with E-state index < -0.39 is 21.0 Å². The Labute approximate surface area is 252 Å². The minimum Gasteiger partial charge on any atom is -0.497 e. The number of nitrogens with zero attached hydrogens (tertiary/aromatic N) is 4. The standard InChI is InChI=1S/C25H24B3ClN6O6S/c1-40-16-7-6-14(18(9-16)41-2)12-35(24(37)13-4-5-13)20-10-17(21(34-33-20)23(36)32-25(26,27)28)31-22-19(42(3,38)39)8-15(29)11-30-22/h6-11,13H,4-5,12H2,1-3H3,(H,32,36)(H,30,31,33). The van der Waals surface area contributed by atoms with Gasteiger partial charge in [0.2, 0.25) is 5.91 Å². The Hall–Kier alpha value is -3.78. The van der Waals surface area contributed by atoms with Gasteiger partial charge >= 0.3 is 0 Å². The summed E-state index contributed by atoms with van der Waals surface area (Å²) in [6.07, 6.45) is 3.59. The normalized spacial score (nSPS) is 13.2. The minimum absolute atomic E-state index is 0.0352. The van der Waals surface area contributed by atoms with Crippen LogP contribution in [0.5, 0.6) is 11.5 Å². The molecule has 0 spiro atoms. The number of carbonyl (C=O) groups is 2. The van der Waals surface area contributed by atoms with Gasteiger partial charge in [-0.05, 0) is 31.0 Å². The van der Waals surface area contributed by atoms with Gasteiger partial charge in [0.25, 0.3) is 5.91 Å². The molecule has 0 bridgehead atoms. The van der Waals surface area contributed by atoms with Crippen molar-refractivity contribution >= 4 is 74.1 Å². The average molecular weight is 604 g/mol. The molecular formula is C25H24B3ClN6O6S. The zero-order chi connectivity index (χ0) is 30.8. The summed E-state index contributed by atoms with van der Waals surface area (Å²) in [5, 5.41) is 11.1. The van der Waals surface area contributed by atoms with Gasteiger partial charge < -0.3 is 20.1 Å². The van der Waals surface area contributed by atoms with Crippen molar-refractivity contribution in [2.75, 3.05) is 30.7 Å². The lowest BCUT2D eigenvalue weighted by atomic mass is 9.49. The first-order valence-electron chi connectivity index (χ1n) is 12.4. The third kappa shape index (κ3) is 7.54. The number of nitrogens with one attached hydrogen (secondary N) is 2. The third-order valence-corrected chi connectivity index (χ3v) is 7.41. The van der Waals surface area contributed by atoms with Crippen molar-refractivity contribution < 1.29 is 27.5 Å². The maximum atomic E-state index is 13.5. The smallest absolute Gasteiger partial charge is 0.272 e. The summed E-state index contributed by atoms with van der Waals surface area (Å²) in [4.78, 5) is 31.7. The molecule has 0 atom stereocenters. The third-order valence-electron chi connectivity index (χ3n) is 6.09. The molecule has 17 heteroatoms. The van der Waals surface area contributed by atoms with E-state index in [1.807, 2.05) is 0 Å². The van der Waals surface area contributed by atoms with Gasteiger partial charge in [0.1, 0.15) is 22.2 Å². The number of pyridine rings is 1. The Morgan fingerprint density at radius 1 is 1.12 bits per heavy atom. The molecule has 4 rings (SSSR count). The quantitative estimate of drug-likeness (QED) is 0.308. The van der Waals surface area contributed by atoms with Crippen LogP contribution in [0, 0.1) is 5.92 Å². The van der Waals surface area contributed by atoms with Gasteiger partial charge in [-0.25, -0.2) is 13.4 Å². The van der Waals surface area contributed by atoms with Crippen LogP contribution in [0.3, 0.4) is 0 Å². The van der Waals surface area contributed by atoms with Crippen LogP contribution in [-0.4, -0.2) is 84.7 Å². The number of sulfone groups is 1. The van der Waals surface area contributed by atoms with Crippen LogP contribution < -0.4 is 25.0 Å². The molecule has 2 heterocycles. The number of methoxy groups -OCH3 is 2. The molecule has 3 aromatic rings. The maximum absolute atomic E-state index is 13.5. The van der Waals surface area contributed by atoms with Gasteiger partial charge in [-0.2, -0.15) is 0 Å². The van der Waals surface area contributed by atoms with Gasteiger partial charge in [-0.1, -0.05) is 16.8 Å². The van der Waals surface area contributed by atoms with Crippen LogP contribution in [0.15, 0.2) is 41.4 Å². The van der Waals surface area contributed by atoms with Gasteiger partial charge in [0.15, 0.2) is 21.3 Å². The fraction of sp³-hybridized carbons (Fsp3) is 0.320. The molecule has 1 fully saturated rings. The van der Waals surface area contributed by atoms with Gasteiger partial charge in [-0.3, -0.25) is 14.5 Å². The van der Waals surface area contributed by atoms with E-state index >= 15 is 0 Å². The lowest BCUT2D eigenvalue weighted by Crippen LogP contribution is -2.50. The number of hydrogen-bond acceptors (Lipinski definition) is 10. The Morgan fingerprint density at radius 3 is 2.43 bits per heavy atom. The molecule has 0 aliphatic heterocycles. The second-order valence-corrected chi connectivity index (χ2v) is 12.0. The van der Waals surface area contributed by atoms with Crippen molar-refractivity contribution in [2.45, 2.75) is 29.5 Å². The molecule has 12 nitrogen and oxygen atoms in total. The number of carbonyl (C=O) groups excluding carboxylic acids is 2. The zero-order valence-corrected chi connectivity index (χ0v) is 24.5. The van der Waals surface area contributed by atoms with Crippen LogP contribution in [0.4, 0.5) is 17.3 Å². The van der Waals surface area contributed by atoms with Gasteiger partial charge in [0.05, 0.1) is 55.0 Å². The highest BCUT2D eigenvalue weighted by molar-refractivity contribution is 7.90. The van der Waals surface area contributed by atoms with Gasteiger partial charge in [-0.15, -0.1) is 10.2 Å². The molecule has 2 amide bonds. The second-order valence-electron chi connectivity index (χ2n) is 9.63. The highest BCUT2D eigenvalue weighted by Crippen LogP contribution is 2.36. The summed E-state index contributed by atoms with van der Waals surface area (Å²) in [5.41, 5.74) is 0.210. The van der Waals surface area contributed by atoms with Crippen molar-refractivity contribution in [2.24, 2.45) is 5.92 Å². The average Bonchev–Trinajstić information content (AvgIpc) is 3.76. The van der Waals surface area contributed by atoms with Gasteiger partial charge in [0, 0.05) is 36.1 Å². The number of ether oxygens (including phenoxy) is 2. The summed E-state index contributed by atoms with van der Waals surface area (Å²) in [6, 6.07) is 7.70. The Balaban J connectivity index is 1.83. The second kappa shape index (κ2) is 12.2. The van der Waals surface area contributed by atoms with E-state index in [0.717, 1.165) is 6.26 Å². The summed E-state index contributed by atoms with van der Waals surface area (Å²) in [6.45, 7) is 0.0352. The van der Waals surface area contributed by atoms with E-state index in [2.05, 4.69) is 25.8 Å². The fourth-order valence-electron chi connectivity index (χ4n) is 3.93. The van der Waals surface area contributed by atoms with Crippen LogP contribution in [-0.2, 0) is 21.2 Å². The van der Waals surface area contributed by atoms with E-state index in [4.69, 9.17) is 44.6 Å². The molecular weight excluding hydrogens is 580 g/mol. The van der Waals surface area contributed by atoms with Crippen molar-refractivity contribution in [3.63, 3.8) is 0 Å². The van der Waals surface area contributed by atoms with E-state index in [1.165, 1.54) is 37.4 Å². The predicted molar refractivity (Wildman–Crippen MR) is 159 cm³/mol. The highest BCUT2D eigenvalue weighted by Gasteiger charge is 2.36. The first kappa shape index (κ1) is 31.2. The first-order valence-corrected chi connectivity index (χ1v) is 14.7. The molecule has 0 saturated heterocycles. The Bertz CT molecular complexity index is 1640. The van der Waals surface area contributed by atoms with Crippen molar-refractivity contribution in [3.8, 4) is 11.5 Å². The molecule has 2 N–H and O–H groups in total. The Morgan fingerprint density at radius 2 is 1.83 bits per heavy atom. The summed E-state index contributed by atoms with van der Waals surface area (Å²) in [5.74, 6) is -0.460. The van der Waals surface area contributed by atoms with Crippen molar-refractivity contribution in [1.82, 2.24) is 20.5 Å². The number of anilines is 3. The molecule has 1 aliphatic rings. The SMILES string of the molecule is [B]C([B])([B])NC(=O)c1nnc(N(Cc2ccc(OC)cc2OC)C(=O)C2CC2)cc1Nc1ncc(Cl)cc1S(C)(=O)=O. The van der Waals surface area contributed by atoms with Crippen LogP contribution in [0.1, 0.15) is 28.9 Å². The fourth-order valence-corrected chi connectivity index (χ4v) is 4.95. The summed E-state index contributed by atoms with van der Waals surface area (Å²) in [7, 11) is 15.8. The van der Waals surface area contributed by atoms with Crippen molar-refractivity contribution in [3.05, 3.63) is 52.8 Å². The molecule has 2 aromatic heterocycles. The number of benzene rings is 1. The Kier molecular flexibility index (Phi) is 9.07. The summed E-state index contributed by atoms with van der Waals surface area (Å²) >= 11 is 5.99. The van der Waals surface area contributed by atoms with E-state index in [1.54, 1.807) is 18.2 Å². The van der Waals surface area contributed by atoms with E-state index in [0.29, 0.717) is 29.9 Å². The van der Waals surface area contributed by atoms with E-state index in [-0.39, 0.29) is 51.3 Å². The largest absolute Gasteiger partial charge is 0.497 e. The predicted octanol–water partition coefficient (Wildman–Crippen LogP) is 1.48. The van der Waals surface area contributed by atoms with E-state index in [9.17, 15) is 18.0 Å². The monoisotopic (exact) mass is 604 g/mol. The molecule has 1 saturated carbocycles. The number of hydrogen-bond donors (Lipinski definition) is 2. The number of aromatic nitrogens is 3. The van der Waals surface area contributed by atoms with Crippen LogP contribution >= 0.6 is 11.6 Å². The maximum Gasteiger partial charge on any atom is 0.272 e. The molecule has 1 aromatic carbocycles.